The maximum Gasteiger partial charge on any atom is 0.240 e. The van der Waals surface area contributed by atoms with Gasteiger partial charge in [-0.15, -0.1) is 0 Å². The van der Waals surface area contributed by atoms with Gasteiger partial charge in [0.05, 0.1) is 6.07 Å². The molecule has 1 unspecified atom stereocenters. The molecule has 3 N–H and O–H groups in total. The number of rotatable bonds is 8. The average molecular weight is 253 g/mol. The third kappa shape index (κ3) is 4.74. The number of nitrogens with two attached hydrogens (primary N) is 1. The molecule has 5 heteroatoms. The van der Waals surface area contributed by atoms with Gasteiger partial charge in [-0.3, -0.25) is 9.59 Å². The first-order valence-electron chi connectivity index (χ1n) is 6.42. The first-order valence-corrected chi connectivity index (χ1v) is 6.42. The number of nitrogens with one attached hydrogen (secondary N) is 1. The van der Waals surface area contributed by atoms with E-state index >= 15 is 0 Å². The third-order valence-electron chi connectivity index (χ3n) is 2.89. The summed E-state index contributed by atoms with van der Waals surface area (Å²) in [5.41, 5.74) is 4.10. The summed E-state index contributed by atoms with van der Waals surface area (Å²) < 4.78 is 0. The second-order valence-corrected chi connectivity index (χ2v) is 4.74. The van der Waals surface area contributed by atoms with Crippen LogP contribution in [0.5, 0.6) is 0 Å². The van der Waals surface area contributed by atoms with Gasteiger partial charge in [-0.1, -0.05) is 26.7 Å². The van der Waals surface area contributed by atoms with Gasteiger partial charge in [0.25, 0.3) is 0 Å². The molecule has 0 aliphatic rings. The minimum atomic E-state index is -0.977. The normalized spacial score (nSPS) is 12.6. The molecule has 0 aromatic rings. The van der Waals surface area contributed by atoms with Gasteiger partial charge in [0.2, 0.25) is 11.8 Å². The Bertz CT molecular complexity index is 328. The van der Waals surface area contributed by atoms with E-state index in [2.05, 4.69) is 11.4 Å². The fraction of sp³-hybridized carbons (Fsp3) is 0.769. The Hall–Kier alpha value is -1.57. The lowest BCUT2D eigenvalue weighted by atomic mass is 9.79. The Labute approximate surface area is 109 Å². The summed E-state index contributed by atoms with van der Waals surface area (Å²) in [7, 11) is 0. The topological polar surface area (TPSA) is 96.0 Å². The minimum absolute atomic E-state index is 0.0888. The second kappa shape index (κ2) is 7.70. The lowest BCUT2D eigenvalue weighted by Crippen LogP contribution is -2.45. The van der Waals surface area contributed by atoms with Crippen molar-refractivity contribution < 1.29 is 9.59 Å². The molecule has 0 aliphatic heterocycles. The van der Waals surface area contributed by atoms with E-state index in [1.807, 2.05) is 13.8 Å². The van der Waals surface area contributed by atoms with E-state index in [0.29, 0.717) is 12.8 Å². The van der Waals surface area contributed by atoms with Gasteiger partial charge in [0, 0.05) is 12.5 Å². The fourth-order valence-electron chi connectivity index (χ4n) is 2.08. The lowest BCUT2D eigenvalue weighted by molar-refractivity contribution is -0.129. The van der Waals surface area contributed by atoms with Crippen molar-refractivity contribution in [1.82, 2.24) is 5.32 Å². The molecule has 1 atom stereocenters. The highest BCUT2D eigenvalue weighted by Gasteiger charge is 2.37. The van der Waals surface area contributed by atoms with Crippen LogP contribution in [0, 0.1) is 16.7 Å². The third-order valence-corrected chi connectivity index (χ3v) is 2.89. The van der Waals surface area contributed by atoms with Crippen LogP contribution in [0.2, 0.25) is 0 Å². The molecule has 0 rings (SSSR count). The number of primary amides is 1. The van der Waals surface area contributed by atoms with E-state index in [0.717, 1.165) is 12.8 Å². The van der Waals surface area contributed by atoms with Crippen molar-refractivity contribution in [2.24, 2.45) is 11.1 Å². The van der Waals surface area contributed by atoms with Crippen LogP contribution in [0.25, 0.3) is 0 Å². The Kier molecular flexibility index (Phi) is 7.03. The highest BCUT2D eigenvalue weighted by atomic mass is 16.2. The number of carbonyl (C=O) groups is 2. The summed E-state index contributed by atoms with van der Waals surface area (Å²) in [5, 5.41) is 12.0. The quantitative estimate of drug-likeness (QED) is 0.685. The number of nitriles is 1. The fourth-order valence-corrected chi connectivity index (χ4v) is 2.08. The van der Waals surface area contributed by atoms with Gasteiger partial charge >= 0.3 is 0 Å². The SMILES string of the molecule is CCCC(C#N)(CCC)C(=O)NC(C)CC(N)=O. The van der Waals surface area contributed by atoms with Crippen LogP contribution < -0.4 is 11.1 Å². The average Bonchev–Trinajstić information content (AvgIpc) is 2.27. The molecule has 0 aliphatic carbocycles. The van der Waals surface area contributed by atoms with Crippen molar-refractivity contribution in [2.75, 3.05) is 0 Å². The monoisotopic (exact) mass is 253 g/mol. The summed E-state index contributed by atoms with van der Waals surface area (Å²) in [6.45, 7) is 5.60. The highest BCUT2D eigenvalue weighted by Crippen LogP contribution is 2.29. The van der Waals surface area contributed by atoms with Gasteiger partial charge in [0.1, 0.15) is 5.41 Å². The first-order chi connectivity index (χ1) is 8.41. The second-order valence-electron chi connectivity index (χ2n) is 4.74. The molecule has 0 heterocycles. The Balaban J connectivity index is 4.76. The van der Waals surface area contributed by atoms with Crippen molar-refractivity contribution in [3.05, 3.63) is 0 Å². The van der Waals surface area contributed by atoms with Crippen molar-refractivity contribution in [2.45, 2.75) is 58.9 Å². The molecule has 0 aromatic heterocycles. The number of carbonyl (C=O) groups excluding carboxylic acids is 2. The first kappa shape index (κ1) is 16.4. The molecule has 102 valence electrons. The van der Waals surface area contributed by atoms with Crippen molar-refractivity contribution >= 4 is 11.8 Å². The number of hydrogen-bond acceptors (Lipinski definition) is 3. The number of amides is 2. The summed E-state index contributed by atoms with van der Waals surface area (Å²) in [5.74, 6) is -0.751. The summed E-state index contributed by atoms with van der Waals surface area (Å²) in [6.07, 6.45) is 2.70. The lowest BCUT2D eigenvalue weighted by Gasteiger charge is -2.26. The standard InChI is InChI=1S/C13H23N3O2/c1-4-6-13(9-14,7-5-2)12(18)16-10(3)8-11(15)17/h10H,4-8H2,1-3H3,(H2,15,17)(H,16,18). The van der Waals surface area contributed by atoms with E-state index in [-0.39, 0.29) is 18.4 Å². The van der Waals surface area contributed by atoms with Crippen LogP contribution in [0.4, 0.5) is 0 Å². The Morgan fingerprint density at radius 3 is 2.17 bits per heavy atom. The predicted octanol–water partition coefficient (Wildman–Crippen LogP) is 1.48. The van der Waals surface area contributed by atoms with Gasteiger partial charge in [-0.05, 0) is 19.8 Å². The molecule has 0 saturated carbocycles. The zero-order valence-electron chi connectivity index (χ0n) is 11.5. The van der Waals surface area contributed by atoms with Gasteiger partial charge < -0.3 is 11.1 Å². The summed E-state index contributed by atoms with van der Waals surface area (Å²) >= 11 is 0. The molecule has 2 amide bonds. The molecule has 0 aromatic carbocycles. The Morgan fingerprint density at radius 1 is 1.33 bits per heavy atom. The maximum atomic E-state index is 12.2. The van der Waals surface area contributed by atoms with Crippen LogP contribution in [0.1, 0.15) is 52.9 Å². The van der Waals surface area contributed by atoms with E-state index in [4.69, 9.17) is 5.73 Å². The Morgan fingerprint density at radius 2 is 1.83 bits per heavy atom. The van der Waals surface area contributed by atoms with E-state index in [1.54, 1.807) is 6.92 Å². The molecule has 0 spiro atoms. The molecular weight excluding hydrogens is 230 g/mol. The van der Waals surface area contributed by atoms with Crippen molar-refractivity contribution in [3.63, 3.8) is 0 Å². The molecular formula is C13H23N3O2. The maximum absolute atomic E-state index is 12.2. The van der Waals surface area contributed by atoms with E-state index in [9.17, 15) is 14.9 Å². The van der Waals surface area contributed by atoms with Crippen molar-refractivity contribution in [3.8, 4) is 6.07 Å². The van der Waals surface area contributed by atoms with Gasteiger partial charge in [-0.25, -0.2) is 0 Å². The summed E-state index contributed by atoms with van der Waals surface area (Å²) in [4.78, 5) is 23.0. The molecule has 5 nitrogen and oxygen atoms in total. The van der Waals surface area contributed by atoms with Crippen LogP contribution >= 0.6 is 0 Å². The molecule has 18 heavy (non-hydrogen) atoms. The van der Waals surface area contributed by atoms with Crippen LogP contribution in [0.3, 0.4) is 0 Å². The van der Waals surface area contributed by atoms with Crippen molar-refractivity contribution in [1.29, 1.82) is 5.26 Å². The van der Waals surface area contributed by atoms with Crippen LogP contribution in [0.15, 0.2) is 0 Å². The smallest absolute Gasteiger partial charge is 0.240 e. The molecule has 0 saturated heterocycles. The minimum Gasteiger partial charge on any atom is -0.370 e. The molecule has 0 bridgehead atoms. The number of nitrogens with zero attached hydrogens (tertiary/aromatic N) is 1. The highest BCUT2D eigenvalue weighted by molar-refractivity contribution is 5.86. The molecule has 0 radical (unpaired) electrons. The van der Waals surface area contributed by atoms with Crippen LogP contribution in [-0.2, 0) is 9.59 Å². The predicted molar refractivity (Wildman–Crippen MR) is 69.3 cm³/mol. The zero-order valence-corrected chi connectivity index (χ0v) is 11.5. The van der Waals surface area contributed by atoms with Crippen LogP contribution in [-0.4, -0.2) is 17.9 Å². The zero-order chi connectivity index (χ0) is 14.2. The van der Waals surface area contributed by atoms with E-state index in [1.165, 1.54) is 0 Å². The van der Waals surface area contributed by atoms with E-state index < -0.39 is 11.3 Å². The van der Waals surface area contributed by atoms with Gasteiger partial charge in [-0.2, -0.15) is 5.26 Å². The summed E-state index contributed by atoms with van der Waals surface area (Å²) in [6, 6.07) is 1.81. The van der Waals surface area contributed by atoms with Gasteiger partial charge in [0.15, 0.2) is 0 Å². The largest absolute Gasteiger partial charge is 0.370 e. The number of hydrogen-bond donors (Lipinski definition) is 2. The molecule has 0 fully saturated rings.